The Kier molecular flexibility index (Phi) is 5.25. The summed E-state index contributed by atoms with van der Waals surface area (Å²) in [6.07, 6.45) is 1.54. The molecule has 122 valence electrons. The first kappa shape index (κ1) is 17.8. The number of nitrogens with two attached hydrogens (primary N) is 1. The largest absolute Gasteiger partial charge is 0.480 e. The highest BCUT2D eigenvalue weighted by atomic mass is 16.6. The van der Waals surface area contributed by atoms with Crippen LogP contribution in [0.25, 0.3) is 0 Å². The lowest BCUT2D eigenvalue weighted by atomic mass is 9.80. The van der Waals surface area contributed by atoms with Gasteiger partial charge in [0.15, 0.2) is 0 Å². The molecule has 1 fully saturated rings. The zero-order chi connectivity index (χ0) is 16.4. The van der Waals surface area contributed by atoms with Gasteiger partial charge in [0.05, 0.1) is 0 Å². The third kappa shape index (κ3) is 5.53. The van der Waals surface area contributed by atoms with Gasteiger partial charge >= 0.3 is 12.1 Å². The number of piperidine rings is 1. The Labute approximate surface area is 126 Å². The summed E-state index contributed by atoms with van der Waals surface area (Å²) >= 11 is 0. The number of likely N-dealkylation sites (tertiary alicyclic amines) is 1. The van der Waals surface area contributed by atoms with Gasteiger partial charge in [-0.1, -0.05) is 13.8 Å². The molecule has 1 saturated heterocycles. The summed E-state index contributed by atoms with van der Waals surface area (Å²) in [6, 6.07) is -1.14. The molecule has 1 heterocycles. The molecule has 1 aliphatic heterocycles. The van der Waals surface area contributed by atoms with Crippen LogP contribution in [0.4, 0.5) is 4.79 Å². The van der Waals surface area contributed by atoms with Gasteiger partial charge in [0.1, 0.15) is 11.6 Å². The predicted molar refractivity (Wildman–Crippen MR) is 80.0 cm³/mol. The Balaban J connectivity index is 2.84. The van der Waals surface area contributed by atoms with Crippen LogP contribution in [0.15, 0.2) is 0 Å². The van der Waals surface area contributed by atoms with Gasteiger partial charge in [-0.15, -0.1) is 0 Å². The van der Waals surface area contributed by atoms with Crippen molar-refractivity contribution < 1.29 is 19.4 Å². The minimum absolute atomic E-state index is 0.000717. The molecule has 0 aliphatic carbocycles. The Hall–Kier alpha value is -1.30. The van der Waals surface area contributed by atoms with E-state index in [9.17, 15) is 9.59 Å². The molecular formula is C15H28N2O4. The van der Waals surface area contributed by atoms with E-state index in [1.807, 2.05) is 20.8 Å². The van der Waals surface area contributed by atoms with Gasteiger partial charge in [-0.05, 0) is 45.4 Å². The van der Waals surface area contributed by atoms with Crippen molar-refractivity contribution in [2.45, 2.75) is 71.6 Å². The summed E-state index contributed by atoms with van der Waals surface area (Å²) in [5, 5.41) is 8.97. The fraction of sp³-hybridized carbons (Fsp3) is 0.867. The van der Waals surface area contributed by atoms with E-state index in [0.717, 1.165) is 12.8 Å². The topological polar surface area (TPSA) is 92.9 Å². The smallest absolute Gasteiger partial charge is 0.410 e. The summed E-state index contributed by atoms with van der Waals surface area (Å²) < 4.78 is 5.44. The third-order valence-corrected chi connectivity index (χ3v) is 3.66. The number of hydrogen-bond donors (Lipinski definition) is 2. The van der Waals surface area contributed by atoms with E-state index in [4.69, 9.17) is 15.6 Å². The molecule has 1 rings (SSSR count). The number of aliphatic carboxylic acids is 1. The van der Waals surface area contributed by atoms with Crippen LogP contribution in [-0.4, -0.2) is 46.3 Å². The Morgan fingerprint density at radius 3 is 2.48 bits per heavy atom. The highest BCUT2D eigenvalue weighted by molar-refractivity contribution is 5.73. The molecule has 0 aromatic carbocycles. The number of carboxylic acid groups (broad SMARTS) is 1. The van der Waals surface area contributed by atoms with Crippen molar-refractivity contribution in [3.8, 4) is 0 Å². The second-order valence-corrected chi connectivity index (χ2v) is 7.65. The van der Waals surface area contributed by atoms with Crippen molar-refractivity contribution in [2.24, 2.45) is 11.1 Å². The zero-order valence-electron chi connectivity index (χ0n) is 13.7. The molecule has 2 atom stereocenters. The number of carboxylic acids is 1. The summed E-state index contributed by atoms with van der Waals surface area (Å²) in [5.74, 6) is -1.04. The Morgan fingerprint density at radius 2 is 2.00 bits per heavy atom. The minimum atomic E-state index is -1.04. The Morgan fingerprint density at radius 1 is 1.43 bits per heavy atom. The first-order valence-electron chi connectivity index (χ1n) is 7.39. The highest BCUT2D eigenvalue weighted by Crippen LogP contribution is 2.34. The second kappa shape index (κ2) is 6.22. The van der Waals surface area contributed by atoms with E-state index in [1.54, 1.807) is 4.90 Å². The van der Waals surface area contributed by atoms with Gasteiger partial charge in [-0.2, -0.15) is 0 Å². The van der Waals surface area contributed by atoms with Crippen molar-refractivity contribution >= 4 is 12.1 Å². The zero-order valence-corrected chi connectivity index (χ0v) is 13.7. The molecule has 0 bridgehead atoms. The van der Waals surface area contributed by atoms with Crippen LogP contribution in [0, 0.1) is 5.41 Å². The standard InChI is InChI=1S/C15H28N2O4/c1-14(2,3)21-13(20)17-9-15(4,5)7-6-10(17)8-11(16)12(18)19/h10-11H,6-9,16H2,1-5H3,(H,18,19). The van der Waals surface area contributed by atoms with E-state index in [0.29, 0.717) is 6.54 Å². The normalized spacial score (nSPS) is 23.5. The number of carbonyl (C=O) groups is 2. The molecule has 6 heteroatoms. The van der Waals surface area contributed by atoms with Crippen LogP contribution in [0.5, 0.6) is 0 Å². The summed E-state index contributed by atoms with van der Waals surface area (Å²) in [6.45, 7) is 10.2. The monoisotopic (exact) mass is 300 g/mol. The fourth-order valence-electron chi connectivity index (χ4n) is 2.56. The average Bonchev–Trinajstić information content (AvgIpc) is 2.28. The van der Waals surface area contributed by atoms with Crippen LogP contribution in [0.3, 0.4) is 0 Å². The van der Waals surface area contributed by atoms with Gasteiger partial charge in [0.2, 0.25) is 0 Å². The second-order valence-electron chi connectivity index (χ2n) is 7.65. The first-order chi connectivity index (χ1) is 9.41. The SMILES string of the molecule is CC1(C)CCC(CC(N)C(=O)O)N(C(=O)OC(C)(C)C)C1. The minimum Gasteiger partial charge on any atom is -0.480 e. The average molecular weight is 300 g/mol. The van der Waals surface area contributed by atoms with Gasteiger partial charge < -0.3 is 20.5 Å². The van der Waals surface area contributed by atoms with Crippen LogP contribution >= 0.6 is 0 Å². The lowest BCUT2D eigenvalue weighted by Gasteiger charge is -2.44. The summed E-state index contributed by atoms with van der Waals surface area (Å²) in [7, 11) is 0. The fourth-order valence-corrected chi connectivity index (χ4v) is 2.56. The number of hydrogen-bond acceptors (Lipinski definition) is 4. The maximum absolute atomic E-state index is 12.4. The molecule has 0 spiro atoms. The first-order valence-corrected chi connectivity index (χ1v) is 7.39. The molecule has 3 N–H and O–H groups in total. The summed E-state index contributed by atoms with van der Waals surface area (Å²) in [5.41, 5.74) is 5.06. The van der Waals surface area contributed by atoms with Crippen LogP contribution < -0.4 is 5.73 Å². The maximum atomic E-state index is 12.4. The van der Waals surface area contributed by atoms with E-state index < -0.39 is 23.7 Å². The molecule has 2 unspecified atom stereocenters. The van der Waals surface area contributed by atoms with Crippen molar-refractivity contribution in [1.82, 2.24) is 4.90 Å². The molecule has 1 amide bonds. The molecule has 0 aromatic heterocycles. The number of nitrogens with zero attached hydrogens (tertiary/aromatic N) is 1. The number of rotatable bonds is 3. The molecular weight excluding hydrogens is 272 g/mol. The molecule has 0 saturated carbocycles. The van der Waals surface area contributed by atoms with Crippen LogP contribution in [0.2, 0.25) is 0 Å². The van der Waals surface area contributed by atoms with Gasteiger partial charge in [-0.3, -0.25) is 4.79 Å². The van der Waals surface area contributed by atoms with Crippen LogP contribution in [-0.2, 0) is 9.53 Å². The summed E-state index contributed by atoms with van der Waals surface area (Å²) in [4.78, 5) is 25.0. The highest BCUT2D eigenvalue weighted by Gasteiger charge is 2.38. The van der Waals surface area contributed by atoms with Gasteiger partial charge in [0.25, 0.3) is 0 Å². The molecule has 0 aromatic rings. The van der Waals surface area contributed by atoms with Gasteiger partial charge in [-0.25, -0.2) is 4.79 Å². The van der Waals surface area contributed by atoms with E-state index in [-0.39, 0.29) is 17.9 Å². The molecule has 1 aliphatic rings. The van der Waals surface area contributed by atoms with Crippen molar-refractivity contribution in [3.63, 3.8) is 0 Å². The number of amides is 1. The molecule has 6 nitrogen and oxygen atoms in total. The van der Waals surface area contributed by atoms with Crippen molar-refractivity contribution in [2.75, 3.05) is 6.54 Å². The van der Waals surface area contributed by atoms with Crippen LogP contribution in [0.1, 0.15) is 53.9 Å². The lowest BCUT2D eigenvalue weighted by Crippen LogP contribution is -2.53. The molecule has 21 heavy (non-hydrogen) atoms. The quantitative estimate of drug-likeness (QED) is 0.833. The lowest BCUT2D eigenvalue weighted by molar-refractivity contribution is -0.139. The third-order valence-electron chi connectivity index (χ3n) is 3.66. The van der Waals surface area contributed by atoms with E-state index >= 15 is 0 Å². The molecule has 0 radical (unpaired) electrons. The van der Waals surface area contributed by atoms with Gasteiger partial charge in [0, 0.05) is 12.6 Å². The van der Waals surface area contributed by atoms with Crippen molar-refractivity contribution in [3.05, 3.63) is 0 Å². The maximum Gasteiger partial charge on any atom is 0.410 e. The number of carbonyl (C=O) groups excluding carboxylic acids is 1. The van der Waals surface area contributed by atoms with E-state index in [1.165, 1.54) is 0 Å². The van der Waals surface area contributed by atoms with Crippen molar-refractivity contribution in [1.29, 1.82) is 0 Å². The van der Waals surface area contributed by atoms with E-state index in [2.05, 4.69) is 13.8 Å². The Bertz CT molecular complexity index is 401. The number of ether oxygens (including phenoxy) is 1. The predicted octanol–water partition coefficient (Wildman–Crippen LogP) is 2.21.